The molecule has 3 N–H and O–H groups in total. The number of carbonyl (C=O) groups is 2. The minimum atomic E-state index is -0.457. The van der Waals surface area contributed by atoms with Gasteiger partial charge in [-0.05, 0) is 211 Å². The summed E-state index contributed by atoms with van der Waals surface area (Å²) in [5.41, 5.74) is -0.862. The Morgan fingerprint density at radius 3 is 1.34 bits per heavy atom. The zero-order valence-electron chi connectivity index (χ0n) is 40.2. The normalized spacial score (nSPS) is 33.4. The molecule has 8 fully saturated rings. The highest BCUT2D eigenvalue weighted by Crippen LogP contribution is 2.67. The van der Waals surface area contributed by atoms with Crippen LogP contribution in [0.5, 0.6) is 0 Å². The molecule has 62 heavy (non-hydrogen) atoms. The van der Waals surface area contributed by atoms with Gasteiger partial charge in [-0.2, -0.15) is 23.5 Å². The molecular formula is C54H95NO5S2. The molecule has 0 radical (unpaired) electrons. The summed E-state index contributed by atoms with van der Waals surface area (Å²) in [5, 5.41) is 30.9. The molecule has 8 atom stereocenters. The molecule has 0 aromatic heterocycles. The van der Waals surface area contributed by atoms with Crippen molar-refractivity contribution in [1.82, 2.24) is 4.90 Å². The molecule has 0 aromatic carbocycles. The van der Waals surface area contributed by atoms with E-state index in [0.29, 0.717) is 65.2 Å². The summed E-state index contributed by atoms with van der Waals surface area (Å²) in [6.45, 7) is 5.93. The predicted molar refractivity (Wildman–Crippen MR) is 263 cm³/mol. The van der Waals surface area contributed by atoms with Gasteiger partial charge in [0.15, 0.2) is 0 Å². The van der Waals surface area contributed by atoms with Crippen LogP contribution in [0.3, 0.4) is 0 Å². The lowest BCUT2D eigenvalue weighted by Crippen LogP contribution is -2.58. The molecule has 8 aliphatic rings. The van der Waals surface area contributed by atoms with Gasteiger partial charge in [0.2, 0.25) is 0 Å². The topological polar surface area (TPSA) is 98.1 Å². The molecule has 0 aliphatic heterocycles. The lowest BCUT2D eigenvalue weighted by Gasteiger charge is -2.61. The molecule has 8 saturated carbocycles. The molecule has 8 bridgehead atoms. The zero-order chi connectivity index (χ0) is 44.0. The van der Waals surface area contributed by atoms with Crippen LogP contribution < -0.4 is 0 Å². The Labute approximate surface area is 389 Å². The van der Waals surface area contributed by atoms with Crippen LogP contribution in [0, 0.1) is 70.0 Å². The molecule has 0 spiro atoms. The number of aliphatic hydroxyl groups is 1. The maximum Gasteiger partial charge on any atom is 0.309 e. The van der Waals surface area contributed by atoms with Crippen molar-refractivity contribution < 1.29 is 24.9 Å². The lowest BCUT2D eigenvalue weighted by atomic mass is 9.43. The van der Waals surface area contributed by atoms with E-state index >= 15 is 0 Å². The second kappa shape index (κ2) is 25.6. The SMILES string of the molecule is CCCCCCC(CSCCCCCC(CCCCCSCC(CCCCCC)C1C2CC3CC(C2)CC1(C(=O)O)C3)N(C)CCCCO)C1C2CC3CC(C2)CC1(C(=O)O)C3. The minimum absolute atomic E-state index is 0.284. The van der Waals surface area contributed by atoms with Gasteiger partial charge < -0.3 is 20.2 Å². The number of aliphatic carboxylic acids is 2. The summed E-state index contributed by atoms with van der Waals surface area (Å²) in [6, 6.07) is 0.613. The van der Waals surface area contributed by atoms with E-state index in [-0.39, 0.29) is 6.61 Å². The van der Waals surface area contributed by atoms with Gasteiger partial charge >= 0.3 is 11.9 Å². The van der Waals surface area contributed by atoms with E-state index in [2.05, 4.69) is 49.3 Å². The monoisotopic (exact) mass is 902 g/mol. The zero-order valence-corrected chi connectivity index (χ0v) is 41.9. The standard InChI is InChI=1S/C54H95NO5S2/c1-4-6-8-12-20-44(49-46-30-40-28-41(31-46)35-53(49,34-40)51(57)58)38-61-26-18-10-14-22-48(55(3)24-16-17-25-56)23-15-11-19-27-62-39-45(21-13-9-7-5-2)50-47-32-42-29-43(33-47)37-54(50,36-42)52(59)60/h40-50,56H,4-39H2,1-3H3,(H,57,58)(H,59,60). The van der Waals surface area contributed by atoms with E-state index in [4.69, 9.17) is 0 Å². The molecule has 8 rings (SSSR count). The number of thioether (sulfide) groups is 2. The van der Waals surface area contributed by atoms with E-state index in [1.165, 1.54) is 166 Å². The second-order valence-corrected chi connectivity index (χ2v) is 25.1. The van der Waals surface area contributed by atoms with Crippen molar-refractivity contribution >= 4 is 35.5 Å². The van der Waals surface area contributed by atoms with Crippen molar-refractivity contribution in [2.45, 2.75) is 213 Å². The van der Waals surface area contributed by atoms with Crippen LogP contribution in [-0.2, 0) is 9.59 Å². The largest absolute Gasteiger partial charge is 0.481 e. The Morgan fingerprint density at radius 2 is 0.952 bits per heavy atom. The third kappa shape index (κ3) is 13.2. The summed E-state index contributed by atoms with van der Waals surface area (Å²) in [7, 11) is 2.32. The van der Waals surface area contributed by atoms with Gasteiger partial charge in [-0.1, -0.05) is 90.9 Å². The molecule has 8 unspecified atom stereocenters. The molecule has 0 aromatic rings. The van der Waals surface area contributed by atoms with Crippen LogP contribution in [0.2, 0.25) is 0 Å². The first-order valence-corrected chi connectivity index (χ1v) is 29.4. The molecule has 358 valence electrons. The van der Waals surface area contributed by atoms with Crippen molar-refractivity contribution in [2.75, 3.05) is 43.2 Å². The summed E-state index contributed by atoms with van der Waals surface area (Å²) < 4.78 is 0. The Kier molecular flexibility index (Phi) is 21.1. The molecule has 0 saturated heterocycles. The molecular weight excluding hydrogens is 807 g/mol. The van der Waals surface area contributed by atoms with Crippen LogP contribution in [0.4, 0.5) is 0 Å². The van der Waals surface area contributed by atoms with Crippen molar-refractivity contribution in [1.29, 1.82) is 0 Å². The smallest absolute Gasteiger partial charge is 0.309 e. The number of unbranched alkanes of at least 4 members (excludes halogenated alkanes) is 11. The highest BCUT2D eigenvalue weighted by Gasteiger charge is 2.63. The number of hydrogen-bond acceptors (Lipinski definition) is 6. The van der Waals surface area contributed by atoms with E-state index in [1.54, 1.807) is 0 Å². The van der Waals surface area contributed by atoms with E-state index < -0.39 is 22.8 Å². The van der Waals surface area contributed by atoms with Crippen molar-refractivity contribution in [2.24, 2.45) is 70.0 Å². The number of aliphatic hydroxyl groups excluding tert-OH is 1. The Balaban J connectivity index is 0.916. The summed E-state index contributed by atoms with van der Waals surface area (Å²) in [6.07, 6.45) is 36.5. The first-order valence-electron chi connectivity index (χ1n) is 27.1. The van der Waals surface area contributed by atoms with Gasteiger partial charge in [0, 0.05) is 12.6 Å². The fraction of sp³-hybridized carbons (Fsp3) is 0.963. The molecule has 0 heterocycles. The van der Waals surface area contributed by atoms with Crippen molar-refractivity contribution in [3.8, 4) is 0 Å². The summed E-state index contributed by atoms with van der Waals surface area (Å²) in [4.78, 5) is 28.7. The predicted octanol–water partition coefficient (Wildman–Crippen LogP) is 13.9. The average molecular weight is 902 g/mol. The quantitative estimate of drug-likeness (QED) is 0.0541. The molecule has 8 heteroatoms. The van der Waals surface area contributed by atoms with Crippen LogP contribution in [0.25, 0.3) is 0 Å². The van der Waals surface area contributed by atoms with Crippen LogP contribution in [0.15, 0.2) is 0 Å². The highest BCUT2D eigenvalue weighted by atomic mass is 32.2. The van der Waals surface area contributed by atoms with Crippen molar-refractivity contribution in [3.63, 3.8) is 0 Å². The first kappa shape index (κ1) is 51.0. The summed E-state index contributed by atoms with van der Waals surface area (Å²) >= 11 is 4.30. The maximum atomic E-state index is 13.0. The minimum Gasteiger partial charge on any atom is -0.481 e. The number of rotatable bonds is 35. The number of carboxylic acid groups (broad SMARTS) is 2. The summed E-state index contributed by atoms with van der Waals surface area (Å²) in [5.74, 6) is 9.76. The maximum absolute atomic E-state index is 13.0. The Hall–Kier alpha value is -0.440. The third-order valence-corrected chi connectivity index (χ3v) is 20.8. The van der Waals surface area contributed by atoms with Gasteiger partial charge in [-0.25, -0.2) is 0 Å². The van der Waals surface area contributed by atoms with Gasteiger partial charge in [-0.15, -0.1) is 0 Å². The molecule has 0 amide bonds. The van der Waals surface area contributed by atoms with Crippen LogP contribution >= 0.6 is 23.5 Å². The number of carboxylic acids is 2. The van der Waals surface area contributed by atoms with Gasteiger partial charge in [0.05, 0.1) is 10.8 Å². The third-order valence-electron chi connectivity index (χ3n) is 18.4. The van der Waals surface area contributed by atoms with E-state index in [9.17, 15) is 24.9 Å². The average Bonchev–Trinajstić information content (AvgIpc) is 3.23. The van der Waals surface area contributed by atoms with E-state index in [1.807, 2.05) is 0 Å². The van der Waals surface area contributed by atoms with Gasteiger partial charge in [0.25, 0.3) is 0 Å². The van der Waals surface area contributed by atoms with Gasteiger partial charge in [0.1, 0.15) is 0 Å². The van der Waals surface area contributed by atoms with Crippen LogP contribution in [-0.4, -0.2) is 81.4 Å². The van der Waals surface area contributed by atoms with Crippen LogP contribution in [0.1, 0.15) is 206 Å². The molecule has 6 nitrogen and oxygen atoms in total. The first-order chi connectivity index (χ1) is 30.1. The van der Waals surface area contributed by atoms with Crippen molar-refractivity contribution in [3.05, 3.63) is 0 Å². The highest BCUT2D eigenvalue weighted by molar-refractivity contribution is 7.99. The lowest BCUT2D eigenvalue weighted by molar-refractivity contribution is -0.183. The van der Waals surface area contributed by atoms with E-state index in [0.717, 1.165) is 56.6 Å². The Morgan fingerprint density at radius 1 is 0.548 bits per heavy atom. The fourth-order valence-electron chi connectivity index (χ4n) is 16.1. The number of hydrogen-bond donors (Lipinski definition) is 3. The van der Waals surface area contributed by atoms with Gasteiger partial charge in [-0.3, -0.25) is 9.59 Å². The second-order valence-electron chi connectivity index (χ2n) is 22.8. The molecule has 8 aliphatic carbocycles. The fourth-order valence-corrected chi connectivity index (χ4v) is 18.6. The number of nitrogens with zero attached hydrogens (tertiary/aromatic N) is 1. The Bertz CT molecular complexity index is 1210.